The summed E-state index contributed by atoms with van der Waals surface area (Å²) in [4.78, 5) is 14.9. The zero-order valence-electron chi connectivity index (χ0n) is 12.7. The molecule has 0 spiro atoms. The van der Waals surface area contributed by atoms with Crippen molar-refractivity contribution < 1.29 is 13.6 Å². The number of halogens is 2. The first-order valence-electron chi connectivity index (χ1n) is 7.43. The molecule has 24 heavy (non-hydrogen) atoms. The maximum Gasteiger partial charge on any atom is 0.296 e. The molecular formula is C19H14F2N2O. The summed E-state index contributed by atoms with van der Waals surface area (Å²) in [6.45, 7) is 0.418. The third kappa shape index (κ3) is 3.61. The van der Waals surface area contributed by atoms with Gasteiger partial charge in [-0.15, -0.1) is 0 Å². The van der Waals surface area contributed by atoms with Crippen LogP contribution >= 0.6 is 0 Å². The fourth-order valence-electron chi connectivity index (χ4n) is 2.41. The van der Waals surface area contributed by atoms with Gasteiger partial charge in [-0.25, -0.2) is 8.78 Å². The van der Waals surface area contributed by atoms with E-state index in [4.69, 9.17) is 0 Å². The van der Waals surface area contributed by atoms with E-state index >= 15 is 0 Å². The Morgan fingerprint density at radius 2 is 2.00 bits per heavy atom. The number of fused-ring (bicyclic) bond motifs is 1. The van der Waals surface area contributed by atoms with Gasteiger partial charge >= 0.3 is 0 Å². The number of aromatic amines is 1. The van der Waals surface area contributed by atoms with E-state index in [1.54, 1.807) is 0 Å². The molecule has 0 fully saturated rings. The number of hydrogen-bond donors (Lipinski definition) is 2. The minimum absolute atomic E-state index is 0.0109. The van der Waals surface area contributed by atoms with Crippen molar-refractivity contribution in [2.45, 2.75) is 6.42 Å². The highest BCUT2D eigenvalue weighted by molar-refractivity contribution is 5.94. The van der Waals surface area contributed by atoms with Crippen LogP contribution in [0.25, 0.3) is 10.9 Å². The highest BCUT2D eigenvalue weighted by atomic mass is 19.1. The molecule has 5 heteroatoms. The lowest BCUT2D eigenvalue weighted by Crippen LogP contribution is -2.23. The number of carbonyl (C=O) groups excluding carboxylic acids is 1. The minimum atomic E-state index is -0.783. The fraction of sp³-hybridized carbons (Fsp3) is 0.105. The van der Waals surface area contributed by atoms with E-state index in [0.29, 0.717) is 13.0 Å². The molecule has 1 heterocycles. The first-order valence-corrected chi connectivity index (χ1v) is 7.43. The molecule has 0 saturated carbocycles. The Hall–Kier alpha value is -3.13. The van der Waals surface area contributed by atoms with E-state index < -0.39 is 17.5 Å². The summed E-state index contributed by atoms with van der Waals surface area (Å²) in [6.07, 6.45) is 2.57. The summed E-state index contributed by atoms with van der Waals surface area (Å²) < 4.78 is 26.2. The smallest absolute Gasteiger partial charge is 0.296 e. The molecule has 120 valence electrons. The largest absolute Gasteiger partial charge is 0.361 e. The standard InChI is InChI=1S/C19H14F2N2O/c20-15-7-5-13(17(21)11-15)6-8-19(24)22-10-9-14-12-23-18-4-2-1-3-16(14)18/h1-5,7,11-12,23H,9-10H2,(H,22,24). The van der Waals surface area contributed by atoms with Crippen molar-refractivity contribution in [2.24, 2.45) is 0 Å². The first kappa shape index (κ1) is 15.8. The normalized spacial score (nSPS) is 10.2. The summed E-state index contributed by atoms with van der Waals surface area (Å²) >= 11 is 0. The highest BCUT2D eigenvalue weighted by Crippen LogP contribution is 2.17. The number of carbonyl (C=O) groups is 1. The van der Waals surface area contributed by atoms with Gasteiger partial charge in [0.05, 0.1) is 5.56 Å². The predicted molar refractivity (Wildman–Crippen MR) is 88.2 cm³/mol. The van der Waals surface area contributed by atoms with Gasteiger partial charge < -0.3 is 10.3 Å². The fourth-order valence-corrected chi connectivity index (χ4v) is 2.41. The summed E-state index contributed by atoms with van der Waals surface area (Å²) in [5, 5.41) is 3.78. The molecule has 2 aromatic carbocycles. The van der Waals surface area contributed by atoms with Crippen molar-refractivity contribution in [3.05, 3.63) is 71.4 Å². The van der Waals surface area contributed by atoms with Crippen LogP contribution < -0.4 is 5.32 Å². The summed E-state index contributed by atoms with van der Waals surface area (Å²) in [5.41, 5.74) is 2.14. The summed E-state index contributed by atoms with van der Waals surface area (Å²) in [7, 11) is 0. The minimum Gasteiger partial charge on any atom is -0.361 e. The lowest BCUT2D eigenvalue weighted by Gasteiger charge is -2.00. The van der Waals surface area contributed by atoms with E-state index in [2.05, 4.69) is 22.1 Å². The third-order valence-electron chi connectivity index (χ3n) is 3.60. The van der Waals surface area contributed by atoms with E-state index in [9.17, 15) is 13.6 Å². The SMILES string of the molecule is O=C(C#Cc1ccc(F)cc1F)NCCc1c[nH]c2ccccc12. The van der Waals surface area contributed by atoms with Gasteiger partial charge in [-0.05, 0) is 30.2 Å². The van der Waals surface area contributed by atoms with Crippen molar-refractivity contribution in [3.8, 4) is 11.8 Å². The maximum absolute atomic E-state index is 13.4. The number of hydrogen-bond acceptors (Lipinski definition) is 1. The number of H-pyrrole nitrogens is 1. The lowest BCUT2D eigenvalue weighted by molar-refractivity contribution is -0.115. The van der Waals surface area contributed by atoms with Gasteiger partial charge in [0.15, 0.2) is 0 Å². The van der Waals surface area contributed by atoms with Crippen LogP contribution in [-0.2, 0) is 11.2 Å². The molecule has 1 amide bonds. The van der Waals surface area contributed by atoms with Crippen LogP contribution in [0.4, 0.5) is 8.78 Å². The number of benzene rings is 2. The molecule has 0 bridgehead atoms. The zero-order valence-corrected chi connectivity index (χ0v) is 12.7. The van der Waals surface area contributed by atoms with Gasteiger partial charge in [0.2, 0.25) is 0 Å². The summed E-state index contributed by atoms with van der Waals surface area (Å²) in [6, 6.07) is 11.0. The van der Waals surface area contributed by atoms with Gasteiger partial charge in [-0.2, -0.15) is 0 Å². The second-order valence-electron chi connectivity index (χ2n) is 5.24. The molecule has 0 atom stereocenters. The number of nitrogens with one attached hydrogen (secondary N) is 2. The van der Waals surface area contributed by atoms with Gasteiger partial charge in [0.25, 0.3) is 5.91 Å². The monoisotopic (exact) mass is 324 g/mol. The van der Waals surface area contributed by atoms with Crippen LogP contribution in [-0.4, -0.2) is 17.4 Å². The maximum atomic E-state index is 13.4. The van der Waals surface area contributed by atoms with Crippen molar-refractivity contribution >= 4 is 16.8 Å². The van der Waals surface area contributed by atoms with Crippen LogP contribution in [0, 0.1) is 23.5 Å². The molecule has 1 aromatic heterocycles. The average Bonchev–Trinajstić information content (AvgIpc) is 2.97. The lowest BCUT2D eigenvalue weighted by atomic mass is 10.1. The Bertz CT molecular complexity index is 951. The van der Waals surface area contributed by atoms with Crippen LogP contribution in [0.2, 0.25) is 0 Å². The van der Waals surface area contributed by atoms with Crippen molar-refractivity contribution in [1.29, 1.82) is 0 Å². The van der Waals surface area contributed by atoms with Gasteiger partial charge in [0, 0.05) is 35.6 Å². The summed E-state index contributed by atoms with van der Waals surface area (Å²) in [5.74, 6) is 2.75. The molecule has 0 aliphatic carbocycles. The van der Waals surface area contributed by atoms with Crippen molar-refractivity contribution in [1.82, 2.24) is 10.3 Å². The molecule has 0 radical (unpaired) electrons. The quantitative estimate of drug-likeness (QED) is 0.714. The zero-order chi connectivity index (χ0) is 16.9. The molecule has 3 rings (SSSR count). The Labute approximate surface area is 137 Å². The van der Waals surface area contributed by atoms with E-state index in [-0.39, 0.29) is 5.56 Å². The van der Waals surface area contributed by atoms with E-state index in [0.717, 1.165) is 28.6 Å². The number of rotatable bonds is 3. The predicted octanol–water partition coefficient (Wildman–Crippen LogP) is 3.16. The molecule has 0 aliphatic rings. The van der Waals surface area contributed by atoms with Crippen LogP contribution in [0.1, 0.15) is 11.1 Å². The van der Waals surface area contributed by atoms with E-state index in [1.165, 1.54) is 6.07 Å². The van der Waals surface area contributed by atoms with E-state index in [1.807, 2.05) is 30.5 Å². The third-order valence-corrected chi connectivity index (χ3v) is 3.60. The Balaban J connectivity index is 1.57. The van der Waals surface area contributed by atoms with Crippen LogP contribution in [0.3, 0.4) is 0 Å². The van der Waals surface area contributed by atoms with Crippen molar-refractivity contribution in [3.63, 3.8) is 0 Å². The molecule has 3 aromatic rings. The second kappa shape index (κ2) is 6.97. The van der Waals surface area contributed by atoms with Gasteiger partial charge in [-0.1, -0.05) is 24.1 Å². The van der Waals surface area contributed by atoms with Gasteiger partial charge in [0.1, 0.15) is 11.6 Å². The molecule has 2 N–H and O–H groups in total. The molecule has 0 aliphatic heterocycles. The van der Waals surface area contributed by atoms with Crippen LogP contribution in [0.15, 0.2) is 48.7 Å². The van der Waals surface area contributed by atoms with Gasteiger partial charge in [-0.3, -0.25) is 4.79 Å². The number of aromatic nitrogens is 1. The molecular weight excluding hydrogens is 310 g/mol. The topological polar surface area (TPSA) is 44.9 Å². The van der Waals surface area contributed by atoms with Crippen molar-refractivity contribution in [2.75, 3.05) is 6.54 Å². The average molecular weight is 324 g/mol. The molecule has 0 unspecified atom stereocenters. The highest BCUT2D eigenvalue weighted by Gasteiger charge is 2.04. The second-order valence-corrected chi connectivity index (χ2v) is 5.24. The Morgan fingerprint density at radius 3 is 2.83 bits per heavy atom. The Kier molecular flexibility index (Phi) is 4.57. The molecule has 3 nitrogen and oxygen atoms in total. The van der Waals surface area contributed by atoms with Crippen LogP contribution in [0.5, 0.6) is 0 Å². The Morgan fingerprint density at radius 1 is 1.17 bits per heavy atom. The first-order chi connectivity index (χ1) is 11.6. The number of para-hydroxylation sites is 1. The number of amides is 1. The molecule has 0 saturated heterocycles.